The normalized spacial score (nSPS) is 30.6. The number of hydrogen-bond donors (Lipinski definition) is 4. The molecule has 478 valence electrons. The van der Waals surface area contributed by atoms with Gasteiger partial charge in [0.2, 0.25) is 47.3 Å². The first-order chi connectivity index (χ1) is 39.2. The van der Waals surface area contributed by atoms with E-state index in [9.17, 15) is 38.4 Å². The minimum Gasteiger partial charge on any atom is -0.365 e. The molecule has 0 bridgehead atoms. The Balaban J connectivity index is 0.000000568. The number of amides is 8. The SMILES string of the molecule is C.C.C.C.C=CC1C(=C(C)C)C(C=C)C2C(=O)N(CCN)C(=O)C12.C=CC1C(=C(CCC)CCC)C(C=C)C2C(=O)N(CCN)C(=O)C12.C=CC1C(=CC(C)C)C(C=C)C2C(=O)N(CCN)C(=O)C12.C=CC1OC(C=C)C2C(=O)N(CCN)C(=O)C12. The van der Waals surface area contributed by atoms with Crippen LogP contribution in [0.4, 0.5) is 0 Å². The molecule has 0 spiro atoms. The summed E-state index contributed by atoms with van der Waals surface area (Å²) in [5.74, 6) is -4.07. The first kappa shape index (κ1) is 77.5. The number of fused-ring (bicyclic) bond motifs is 4. The first-order valence-electron chi connectivity index (χ1n) is 29.2. The lowest BCUT2D eigenvalue weighted by molar-refractivity contribution is -0.143. The summed E-state index contributed by atoms with van der Waals surface area (Å²) >= 11 is 0. The van der Waals surface area contributed by atoms with Crippen molar-refractivity contribution in [3.63, 3.8) is 0 Å². The molecule has 8 aliphatic rings. The fourth-order valence-electron chi connectivity index (χ4n) is 14.5. The number of likely N-dealkylation sites (tertiary alicyclic amines) is 4. The molecule has 0 radical (unpaired) electrons. The van der Waals surface area contributed by atoms with Gasteiger partial charge in [0.25, 0.3) is 0 Å². The van der Waals surface area contributed by atoms with Gasteiger partial charge in [-0.2, -0.15) is 0 Å². The summed E-state index contributed by atoms with van der Waals surface area (Å²) in [4.78, 5) is 105. The number of rotatable bonds is 21. The predicted molar refractivity (Wildman–Crippen MR) is 347 cm³/mol. The minimum absolute atomic E-state index is 0. The molecule has 16 atom stereocenters. The van der Waals surface area contributed by atoms with Crippen LogP contribution in [0, 0.1) is 88.8 Å². The largest absolute Gasteiger partial charge is 0.365 e. The molecule has 8 rings (SSSR count). The predicted octanol–water partition coefficient (Wildman–Crippen LogP) is 8.54. The third-order valence-electron chi connectivity index (χ3n) is 17.5. The van der Waals surface area contributed by atoms with Gasteiger partial charge in [-0.1, -0.05) is 153 Å². The van der Waals surface area contributed by atoms with Crippen LogP contribution in [-0.2, 0) is 43.1 Å². The maximum atomic E-state index is 12.8. The highest BCUT2D eigenvalue weighted by atomic mass is 16.5. The van der Waals surface area contributed by atoms with Crippen molar-refractivity contribution < 1.29 is 43.1 Å². The van der Waals surface area contributed by atoms with Gasteiger partial charge in [-0.3, -0.25) is 58.0 Å². The number of imide groups is 4. The number of carbonyl (C=O) groups excluding carboxylic acids is 8. The van der Waals surface area contributed by atoms with Crippen molar-refractivity contribution in [3.8, 4) is 0 Å². The Morgan fingerprint density at radius 3 is 0.872 bits per heavy atom. The number of ether oxygens (including phenoxy) is 1. The number of nitrogens with zero attached hydrogens (tertiary/aromatic N) is 4. The molecule has 5 aliphatic heterocycles. The molecule has 3 aliphatic carbocycles. The Labute approximate surface area is 516 Å². The van der Waals surface area contributed by atoms with Gasteiger partial charge in [-0.25, -0.2) is 0 Å². The summed E-state index contributed by atoms with van der Waals surface area (Å²) < 4.78 is 5.56. The molecule has 3 saturated carbocycles. The van der Waals surface area contributed by atoms with E-state index in [0.717, 1.165) is 42.4 Å². The molecule has 5 heterocycles. The second-order valence-corrected chi connectivity index (χ2v) is 22.7. The van der Waals surface area contributed by atoms with E-state index in [4.69, 9.17) is 27.7 Å². The van der Waals surface area contributed by atoms with Crippen LogP contribution in [0.3, 0.4) is 0 Å². The smallest absolute Gasteiger partial charge is 0.236 e. The van der Waals surface area contributed by atoms with Crippen LogP contribution in [0.5, 0.6) is 0 Å². The zero-order valence-electron chi connectivity index (χ0n) is 49.4. The lowest BCUT2D eigenvalue weighted by Gasteiger charge is -2.23. The molecule has 5 saturated heterocycles. The van der Waals surface area contributed by atoms with Gasteiger partial charge in [0.15, 0.2) is 0 Å². The highest BCUT2D eigenvalue weighted by Crippen LogP contribution is 2.55. The van der Waals surface area contributed by atoms with Crippen LogP contribution in [0.1, 0.15) is 96.9 Å². The Morgan fingerprint density at radius 1 is 0.419 bits per heavy atom. The Bertz CT molecular complexity index is 2520. The molecular formula is C69H108N8O9. The van der Waals surface area contributed by atoms with Crippen LogP contribution < -0.4 is 22.9 Å². The average Bonchev–Trinajstić information content (AvgIpc) is 1.63. The zero-order chi connectivity index (χ0) is 61.2. The molecule has 0 aromatic heterocycles. The summed E-state index contributed by atoms with van der Waals surface area (Å²) in [5, 5.41) is 0. The molecule has 17 heteroatoms. The highest BCUT2D eigenvalue weighted by molar-refractivity contribution is 6.09. The number of nitrogens with two attached hydrogens (primary N) is 4. The van der Waals surface area contributed by atoms with E-state index in [-0.39, 0.29) is 161 Å². The third kappa shape index (κ3) is 14.1. The molecule has 0 aromatic rings. The molecule has 0 aromatic carbocycles. The van der Waals surface area contributed by atoms with Gasteiger partial charge in [-0.15, -0.1) is 52.6 Å². The third-order valence-corrected chi connectivity index (χ3v) is 17.5. The van der Waals surface area contributed by atoms with Gasteiger partial charge in [0.1, 0.15) is 0 Å². The molecule has 8 amide bonds. The van der Waals surface area contributed by atoms with Gasteiger partial charge < -0.3 is 27.7 Å². The van der Waals surface area contributed by atoms with Crippen molar-refractivity contribution in [2.75, 3.05) is 52.4 Å². The van der Waals surface area contributed by atoms with E-state index >= 15 is 0 Å². The number of allylic oxidation sites excluding steroid dienone is 12. The second kappa shape index (κ2) is 34.2. The maximum Gasteiger partial charge on any atom is 0.236 e. The van der Waals surface area contributed by atoms with E-state index < -0.39 is 24.0 Å². The minimum atomic E-state index is -0.463. The standard InChI is InChI=1S/C20H30N2O2.C17H24N2O2.C16H22N2O2.C12H16N2O3.4CH4/c1-5-9-13(10-6-2)16-14(7-3)17-18(15(16)8-4)20(24)22(12-11-21)19(17)23;1-5-11-13(9-10(3)4)12(6-2)15-14(11)16(20)19(8-7-18)17(15)21;1-5-10-12(9(3)4)11(6-2)14-13(10)15(19)18(8-7-17)16(14)20;1-3-7-9-10(8(4-2)17-7)12(16)14(6-5-13)11(9)15;;;;/h7-8,14-15,17-18H,3-6,9-12,21H2,1-2H3;5-6,9-12,14-15H,1-2,7-8,18H2,3-4H3;5-6,10-11,13-14H,1-2,7-8,17H2,3-4H3;3-4,7-10H,1-2,5-6,13H2;4*1H4. The summed E-state index contributed by atoms with van der Waals surface area (Å²) in [7, 11) is 0. The summed E-state index contributed by atoms with van der Waals surface area (Å²) in [5.41, 5.74) is 28.0. The van der Waals surface area contributed by atoms with Crippen LogP contribution in [-0.4, -0.2) is 131 Å². The molecule has 8 N–H and O–H groups in total. The van der Waals surface area contributed by atoms with Crippen LogP contribution in [0.2, 0.25) is 0 Å². The molecule has 16 unspecified atom stereocenters. The van der Waals surface area contributed by atoms with Crippen molar-refractivity contribution >= 4 is 47.3 Å². The Kier molecular flexibility index (Phi) is 30.8. The molecule has 86 heavy (non-hydrogen) atoms. The van der Waals surface area contributed by atoms with E-state index in [1.54, 1.807) is 36.5 Å². The topological polar surface area (TPSA) is 263 Å². The van der Waals surface area contributed by atoms with E-state index in [0.29, 0.717) is 45.2 Å². The number of carbonyl (C=O) groups is 8. The lowest BCUT2D eigenvalue weighted by atomic mass is 9.85. The molecular weight excluding hydrogens is 1080 g/mol. The summed E-state index contributed by atoms with van der Waals surface area (Å²) in [6.07, 6.45) is 19.5. The van der Waals surface area contributed by atoms with Gasteiger partial charge in [0, 0.05) is 87.9 Å². The van der Waals surface area contributed by atoms with E-state index in [1.165, 1.54) is 30.7 Å². The van der Waals surface area contributed by atoms with Crippen molar-refractivity contribution in [2.24, 2.45) is 112 Å². The molecule has 8 fully saturated rings. The van der Waals surface area contributed by atoms with Crippen LogP contribution in [0.15, 0.2) is 135 Å². The summed E-state index contributed by atoms with van der Waals surface area (Å²) in [6, 6.07) is 0. The quantitative estimate of drug-likeness (QED) is 0.0621. The van der Waals surface area contributed by atoms with E-state index in [1.807, 2.05) is 26.0 Å². The average molecular weight is 1190 g/mol. The highest BCUT2D eigenvalue weighted by Gasteiger charge is 2.62. The Morgan fingerprint density at radius 2 is 0.663 bits per heavy atom. The van der Waals surface area contributed by atoms with Gasteiger partial charge in [0.05, 0.1) is 59.6 Å². The van der Waals surface area contributed by atoms with Crippen molar-refractivity contribution in [3.05, 3.63) is 135 Å². The van der Waals surface area contributed by atoms with Crippen molar-refractivity contribution in [1.82, 2.24) is 19.6 Å². The second-order valence-electron chi connectivity index (χ2n) is 22.7. The van der Waals surface area contributed by atoms with Crippen molar-refractivity contribution in [1.29, 1.82) is 0 Å². The van der Waals surface area contributed by atoms with Crippen molar-refractivity contribution in [2.45, 2.75) is 109 Å². The number of hydrogen-bond acceptors (Lipinski definition) is 13. The first-order valence-corrected chi connectivity index (χ1v) is 29.2. The van der Waals surface area contributed by atoms with Gasteiger partial charge >= 0.3 is 0 Å². The maximum absolute atomic E-state index is 12.8. The van der Waals surface area contributed by atoms with Crippen LogP contribution in [0.25, 0.3) is 0 Å². The Hall–Kier alpha value is -6.50. The van der Waals surface area contributed by atoms with Crippen LogP contribution >= 0.6 is 0 Å². The molecule has 17 nitrogen and oxygen atoms in total. The summed E-state index contributed by atoms with van der Waals surface area (Å²) in [6.45, 7) is 45.5. The fourth-order valence-corrected chi connectivity index (χ4v) is 14.5. The lowest BCUT2D eigenvalue weighted by Crippen LogP contribution is -2.38. The fraction of sp³-hybridized carbons (Fsp3) is 0.565. The van der Waals surface area contributed by atoms with Gasteiger partial charge in [-0.05, 0) is 32.6 Å². The zero-order valence-corrected chi connectivity index (χ0v) is 49.4. The monoisotopic (exact) mass is 1190 g/mol. The van der Waals surface area contributed by atoms with E-state index in [2.05, 4.69) is 86.4 Å².